The van der Waals surface area contributed by atoms with Crippen molar-refractivity contribution < 1.29 is 4.92 Å². The number of nitro groups is 1. The normalized spacial score (nSPS) is 14.2. The van der Waals surface area contributed by atoms with Gasteiger partial charge in [-0.1, -0.05) is 26.0 Å². The molecular formula is C14H22N2O2. The monoisotopic (exact) mass is 250 g/mol. The van der Waals surface area contributed by atoms with Crippen LogP contribution in [0.2, 0.25) is 0 Å². The molecule has 2 atom stereocenters. The molecule has 0 heterocycles. The third-order valence-electron chi connectivity index (χ3n) is 3.65. The summed E-state index contributed by atoms with van der Waals surface area (Å²) < 4.78 is 0. The molecule has 18 heavy (non-hydrogen) atoms. The van der Waals surface area contributed by atoms with E-state index in [4.69, 9.17) is 0 Å². The fraction of sp³-hybridized carbons (Fsp3) is 0.571. The van der Waals surface area contributed by atoms with E-state index in [0.717, 1.165) is 24.0 Å². The van der Waals surface area contributed by atoms with Crippen LogP contribution in [0.3, 0.4) is 0 Å². The second-order valence-corrected chi connectivity index (χ2v) is 4.80. The summed E-state index contributed by atoms with van der Waals surface area (Å²) in [7, 11) is 1.96. The largest absolute Gasteiger partial charge is 0.317 e. The highest BCUT2D eigenvalue weighted by Gasteiger charge is 2.18. The molecule has 0 spiro atoms. The zero-order valence-electron chi connectivity index (χ0n) is 11.6. The third-order valence-corrected chi connectivity index (χ3v) is 3.65. The summed E-state index contributed by atoms with van der Waals surface area (Å²) in [6.45, 7) is 6.17. The minimum Gasteiger partial charge on any atom is -0.317 e. The zero-order valence-corrected chi connectivity index (χ0v) is 11.6. The Morgan fingerprint density at radius 2 is 2.11 bits per heavy atom. The van der Waals surface area contributed by atoms with Crippen molar-refractivity contribution in [2.75, 3.05) is 7.05 Å². The van der Waals surface area contributed by atoms with Gasteiger partial charge in [-0.25, -0.2) is 0 Å². The van der Waals surface area contributed by atoms with Crippen LogP contribution in [0.15, 0.2) is 18.2 Å². The summed E-state index contributed by atoms with van der Waals surface area (Å²) in [5.41, 5.74) is 2.09. The molecule has 4 nitrogen and oxygen atoms in total. The Balaban J connectivity index is 2.91. The van der Waals surface area contributed by atoms with E-state index in [9.17, 15) is 10.1 Å². The molecule has 1 aromatic carbocycles. The molecule has 0 bridgehead atoms. The molecule has 1 N–H and O–H groups in total. The topological polar surface area (TPSA) is 55.2 Å². The van der Waals surface area contributed by atoms with Crippen molar-refractivity contribution in [2.24, 2.45) is 5.92 Å². The Labute approximate surface area is 109 Å². The quantitative estimate of drug-likeness (QED) is 0.623. The van der Waals surface area contributed by atoms with Crippen LogP contribution in [0.4, 0.5) is 5.69 Å². The van der Waals surface area contributed by atoms with E-state index in [1.807, 2.05) is 20.0 Å². The van der Waals surface area contributed by atoms with Crippen LogP contribution in [0.5, 0.6) is 0 Å². The molecule has 1 rings (SSSR count). The SMILES string of the molecule is CCC(NC)C(C)Cc1cccc([N+](=O)[O-])c1C. The molecule has 0 saturated heterocycles. The van der Waals surface area contributed by atoms with Crippen molar-refractivity contribution in [1.82, 2.24) is 5.32 Å². The van der Waals surface area contributed by atoms with E-state index in [1.165, 1.54) is 0 Å². The lowest BCUT2D eigenvalue weighted by atomic mass is 9.90. The number of hydrogen-bond acceptors (Lipinski definition) is 3. The van der Waals surface area contributed by atoms with Gasteiger partial charge in [0, 0.05) is 17.7 Å². The first-order valence-corrected chi connectivity index (χ1v) is 6.41. The van der Waals surface area contributed by atoms with Crippen LogP contribution in [0, 0.1) is 23.0 Å². The van der Waals surface area contributed by atoms with Crippen LogP contribution in [-0.2, 0) is 6.42 Å². The number of hydrogen-bond donors (Lipinski definition) is 1. The first kappa shape index (κ1) is 14.6. The Hall–Kier alpha value is -1.42. The second-order valence-electron chi connectivity index (χ2n) is 4.80. The first-order chi connectivity index (χ1) is 8.51. The van der Waals surface area contributed by atoms with Crippen molar-refractivity contribution in [3.8, 4) is 0 Å². The van der Waals surface area contributed by atoms with E-state index in [2.05, 4.69) is 19.2 Å². The molecule has 0 aliphatic rings. The van der Waals surface area contributed by atoms with E-state index < -0.39 is 0 Å². The van der Waals surface area contributed by atoms with Gasteiger partial charge in [-0.2, -0.15) is 0 Å². The van der Waals surface area contributed by atoms with Gasteiger partial charge in [-0.3, -0.25) is 10.1 Å². The Bertz CT molecular complexity index is 414. The number of benzene rings is 1. The van der Waals surface area contributed by atoms with Crippen LogP contribution < -0.4 is 5.32 Å². The van der Waals surface area contributed by atoms with E-state index in [1.54, 1.807) is 12.1 Å². The number of nitro benzene ring substituents is 1. The molecule has 0 aliphatic carbocycles. The Morgan fingerprint density at radius 1 is 1.44 bits per heavy atom. The summed E-state index contributed by atoms with van der Waals surface area (Å²) in [5.74, 6) is 0.459. The van der Waals surface area contributed by atoms with Gasteiger partial charge in [0.2, 0.25) is 0 Å². The highest BCUT2D eigenvalue weighted by atomic mass is 16.6. The van der Waals surface area contributed by atoms with Gasteiger partial charge in [0.25, 0.3) is 5.69 Å². The highest BCUT2D eigenvalue weighted by molar-refractivity contribution is 5.44. The Morgan fingerprint density at radius 3 is 2.61 bits per heavy atom. The lowest BCUT2D eigenvalue weighted by Gasteiger charge is -2.22. The molecule has 0 saturated carbocycles. The van der Waals surface area contributed by atoms with Crippen LogP contribution in [-0.4, -0.2) is 18.0 Å². The minimum absolute atomic E-state index is 0.220. The van der Waals surface area contributed by atoms with Gasteiger partial charge >= 0.3 is 0 Å². The van der Waals surface area contributed by atoms with Gasteiger partial charge in [-0.15, -0.1) is 0 Å². The molecule has 0 radical (unpaired) electrons. The predicted octanol–water partition coefficient (Wildman–Crippen LogP) is 3.08. The fourth-order valence-corrected chi connectivity index (χ4v) is 2.47. The number of nitrogens with zero attached hydrogens (tertiary/aromatic N) is 1. The molecule has 0 aromatic heterocycles. The summed E-state index contributed by atoms with van der Waals surface area (Å²) in [4.78, 5) is 10.6. The third kappa shape index (κ3) is 3.29. The van der Waals surface area contributed by atoms with Gasteiger partial charge in [0.15, 0.2) is 0 Å². The molecular weight excluding hydrogens is 228 g/mol. The average molecular weight is 250 g/mol. The summed E-state index contributed by atoms with van der Waals surface area (Å²) >= 11 is 0. The predicted molar refractivity (Wildman–Crippen MR) is 73.8 cm³/mol. The minimum atomic E-state index is -0.307. The molecule has 0 aliphatic heterocycles. The maximum absolute atomic E-state index is 10.9. The summed E-state index contributed by atoms with van der Waals surface area (Å²) in [6.07, 6.45) is 1.93. The lowest BCUT2D eigenvalue weighted by Crippen LogP contribution is -2.32. The lowest BCUT2D eigenvalue weighted by molar-refractivity contribution is -0.385. The summed E-state index contributed by atoms with van der Waals surface area (Å²) in [6, 6.07) is 5.77. The summed E-state index contributed by atoms with van der Waals surface area (Å²) in [5, 5.41) is 14.2. The maximum Gasteiger partial charge on any atom is 0.272 e. The molecule has 2 unspecified atom stereocenters. The van der Waals surface area contributed by atoms with E-state index >= 15 is 0 Å². The molecule has 100 valence electrons. The zero-order chi connectivity index (χ0) is 13.7. The van der Waals surface area contributed by atoms with Crippen LogP contribution in [0.25, 0.3) is 0 Å². The highest BCUT2D eigenvalue weighted by Crippen LogP contribution is 2.24. The smallest absolute Gasteiger partial charge is 0.272 e. The van der Waals surface area contributed by atoms with Crippen molar-refractivity contribution in [3.63, 3.8) is 0 Å². The van der Waals surface area contributed by atoms with E-state index in [-0.39, 0.29) is 10.6 Å². The van der Waals surface area contributed by atoms with E-state index in [0.29, 0.717) is 12.0 Å². The van der Waals surface area contributed by atoms with Crippen LogP contribution in [0.1, 0.15) is 31.4 Å². The average Bonchev–Trinajstić information content (AvgIpc) is 2.33. The second kappa shape index (κ2) is 6.50. The maximum atomic E-state index is 10.9. The van der Waals surface area contributed by atoms with Crippen molar-refractivity contribution in [2.45, 2.75) is 39.7 Å². The number of rotatable bonds is 6. The number of nitrogens with one attached hydrogen (secondary N) is 1. The van der Waals surface area contributed by atoms with Gasteiger partial charge in [0.05, 0.1) is 4.92 Å². The standard InChI is InChI=1S/C14H22N2O2/c1-5-13(15-4)10(2)9-12-7-6-8-14(11(12)3)16(17)18/h6-8,10,13,15H,5,9H2,1-4H3. The van der Waals surface area contributed by atoms with Gasteiger partial charge in [-0.05, 0) is 38.3 Å². The Kier molecular flexibility index (Phi) is 5.28. The molecule has 1 aromatic rings. The fourth-order valence-electron chi connectivity index (χ4n) is 2.47. The molecule has 0 fully saturated rings. The van der Waals surface area contributed by atoms with Gasteiger partial charge < -0.3 is 5.32 Å². The van der Waals surface area contributed by atoms with Crippen molar-refractivity contribution in [3.05, 3.63) is 39.4 Å². The molecule has 0 amide bonds. The van der Waals surface area contributed by atoms with Gasteiger partial charge in [0.1, 0.15) is 0 Å². The molecule has 4 heteroatoms. The first-order valence-electron chi connectivity index (χ1n) is 6.41. The van der Waals surface area contributed by atoms with Crippen molar-refractivity contribution >= 4 is 5.69 Å². The van der Waals surface area contributed by atoms with Crippen molar-refractivity contribution in [1.29, 1.82) is 0 Å². The van der Waals surface area contributed by atoms with Crippen LogP contribution >= 0.6 is 0 Å².